The maximum atomic E-state index is 12.7. The second kappa shape index (κ2) is 15.5. The molecule has 1 aromatic heterocycles. The molecule has 3 atom stereocenters. The summed E-state index contributed by atoms with van der Waals surface area (Å²) in [7, 11) is 4.30. The van der Waals surface area contributed by atoms with Crippen molar-refractivity contribution in [3.05, 3.63) is 118 Å². The predicted molar refractivity (Wildman–Crippen MR) is 172 cm³/mol. The van der Waals surface area contributed by atoms with Crippen molar-refractivity contribution in [2.24, 2.45) is 0 Å². The van der Waals surface area contributed by atoms with Crippen molar-refractivity contribution in [2.75, 3.05) is 26.6 Å². The molecule has 0 bridgehead atoms. The van der Waals surface area contributed by atoms with Crippen molar-refractivity contribution < 1.29 is 28.8 Å². The Morgan fingerprint density at radius 2 is 1.49 bits per heavy atom. The highest BCUT2D eigenvalue weighted by molar-refractivity contribution is 5.87. The Hall–Kier alpha value is -4.51. The van der Waals surface area contributed by atoms with Gasteiger partial charge in [0.15, 0.2) is 0 Å². The van der Waals surface area contributed by atoms with Gasteiger partial charge in [0, 0.05) is 20.2 Å². The van der Waals surface area contributed by atoms with Gasteiger partial charge in [0.05, 0.1) is 26.4 Å². The molecule has 2 N–H and O–H groups in total. The van der Waals surface area contributed by atoms with Gasteiger partial charge in [-0.2, -0.15) is 4.98 Å². The number of anilines is 1. The standard InChI is InChI=1S/C34H37N3O6.CH4O/c1-23(22-30-18-19-32(42-30)37-21-20-31(35-24(2)38)36-33(37)39)43-34(25-8-6-5-7-9-25,26-10-14-28(40-3)15-11-26)27-12-16-29(41-4)17-13-27;1-2/h5-17,20-21,23,30,32H,18-19,22H2,1-4H3,(H,35,36,38,39);2H,1H3. The zero-order valence-electron chi connectivity index (χ0n) is 26.3. The maximum Gasteiger partial charge on any atom is 0.351 e. The van der Waals surface area contributed by atoms with Gasteiger partial charge in [0.25, 0.3) is 0 Å². The molecule has 1 aliphatic heterocycles. The average Bonchev–Trinajstić information content (AvgIpc) is 3.52. The van der Waals surface area contributed by atoms with Gasteiger partial charge in [0.2, 0.25) is 5.91 Å². The molecule has 0 spiro atoms. The number of aromatic nitrogens is 2. The number of carbonyl (C=O) groups excluding carboxylic acids is 1. The highest BCUT2D eigenvalue weighted by Crippen LogP contribution is 2.43. The number of benzene rings is 3. The average molecular weight is 616 g/mol. The molecule has 1 amide bonds. The van der Waals surface area contributed by atoms with E-state index in [1.165, 1.54) is 11.5 Å². The van der Waals surface area contributed by atoms with E-state index in [-0.39, 0.29) is 23.9 Å². The summed E-state index contributed by atoms with van der Waals surface area (Å²) in [5, 5.41) is 9.54. The molecule has 2 heterocycles. The molecule has 3 unspecified atom stereocenters. The summed E-state index contributed by atoms with van der Waals surface area (Å²) in [4.78, 5) is 28.0. The van der Waals surface area contributed by atoms with Crippen molar-refractivity contribution >= 4 is 11.7 Å². The minimum Gasteiger partial charge on any atom is -0.497 e. The van der Waals surface area contributed by atoms with Crippen LogP contribution in [-0.2, 0) is 19.9 Å². The van der Waals surface area contributed by atoms with Gasteiger partial charge < -0.3 is 29.4 Å². The monoisotopic (exact) mass is 615 g/mol. The zero-order chi connectivity index (χ0) is 32.4. The molecule has 0 saturated carbocycles. The second-order valence-corrected chi connectivity index (χ2v) is 10.6. The Kier molecular flexibility index (Phi) is 11.5. The number of hydrogen-bond donors (Lipinski definition) is 2. The Morgan fingerprint density at radius 1 is 0.933 bits per heavy atom. The molecule has 0 aliphatic carbocycles. The molecule has 3 aromatic carbocycles. The highest BCUT2D eigenvalue weighted by atomic mass is 16.5. The van der Waals surface area contributed by atoms with Crippen LogP contribution >= 0.6 is 0 Å². The first-order valence-corrected chi connectivity index (χ1v) is 14.8. The number of ether oxygens (including phenoxy) is 4. The van der Waals surface area contributed by atoms with E-state index in [0.29, 0.717) is 12.8 Å². The van der Waals surface area contributed by atoms with Gasteiger partial charge in [-0.25, -0.2) is 4.79 Å². The van der Waals surface area contributed by atoms with Gasteiger partial charge in [-0.05, 0) is 73.2 Å². The lowest BCUT2D eigenvalue weighted by Gasteiger charge is -2.39. The zero-order valence-corrected chi connectivity index (χ0v) is 26.3. The maximum absolute atomic E-state index is 12.7. The first-order chi connectivity index (χ1) is 21.8. The number of amides is 1. The molecule has 1 saturated heterocycles. The van der Waals surface area contributed by atoms with E-state index < -0.39 is 17.5 Å². The van der Waals surface area contributed by atoms with E-state index in [2.05, 4.69) is 29.4 Å². The summed E-state index contributed by atoms with van der Waals surface area (Å²) in [5.41, 5.74) is 1.50. The smallest absolute Gasteiger partial charge is 0.351 e. The lowest BCUT2D eigenvalue weighted by Crippen LogP contribution is -2.37. The molecule has 1 fully saturated rings. The fraction of sp³-hybridized carbons (Fsp3) is 0.343. The Labute approximate surface area is 263 Å². The van der Waals surface area contributed by atoms with Crippen molar-refractivity contribution in [1.82, 2.24) is 9.55 Å². The van der Waals surface area contributed by atoms with E-state index in [9.17, 15) is 9.59 Å². The summed E-state index contributed by atoms with van der Waals surface area (Å²) < 4.78 is 25.8. The van der Waals surface area contributed by atoms with Gasteiger partial charge in [0.1, 0.15) is 29.1 Å². The summed E-state index contributed by atoms with van der Waals surface area (Å²) in [5.74, 6) is 1.45. The van der Waals surface area contributed by atoms with Crippen LogP contribution in [0, 0.1) is 0 Å². The molecule has 10 nitrogen and oxygen atoms in total. The fourth-order valence-corrected chi connectivity index (χ4v) is 5.70. The molecule has 0 radical (unpaired) electrons. The second-order valence-electron chi connectivity index (χ2n) is 10.6. The predicted octanol–water partition coefficient (Wildman–Crippen LogP) is 5.29. The molecule has 45 heavy (non-hydrogen) atoms. The van der Waals surface area contributed by atoms with E-state index in [1.807, 2.05) is 66.7 Å². The van der Waals surface area contributed by atoms with E-state index in [1.54, 1.807) is 26.5 Å². The largest absolute Gasteiger partial charge is 0.497 e. The van der Waals surface area contributed by atoms with Crippen LogP contribution in [0.3, 0.4) is 0 Å². The quantitative estimate of drug-likeness (QED) is 0.218. The summed E-state index contributed by atoms with van der Waals surface area (Å²) >= 11 is 0. The SMILES string of the molecule is CO.COc1ccc(C(OC(C)CC2CCC(n3ccc(NC(C)=O)nc3=O)O2)(c2ccccc2)c2ccc(OC)cc2)cc1. The van der Waals surface area contributed by atoms with Crippen LogP contribution in [0.15, 0.2) is 95.9 Å². The minimum absolute atomic E-state index is 0.123. The van der Waals surface area contributed by atoms with Gasteiger partial charge in [-0.15, -0.1) is 0 Å². The third-order valence-corrected chi connectivity index (χ3v) is 7.68. The molecule has 4 aromatic rings. The number of aliphatic hydroxyl groups is 1. The molecular weight excluding hydrogens is 574 g/mol. The highest BCUT2D eigenvalue weighted by Gasteiger charge is 2.40. The van der Waals surface area contributed by atoms with Gasteiger partial charge in [-0.3, -0.25) is 9.36 Å². The number of rotatable bonds is 11. The van der Waals surface area contributed by atoms with Gasteiger partial charge >= 0.3 is 5.69 Å². The Balaban J connectivity index is 0.00000226. The van der Waals surface area contributed by atoms with E-state index in [0.717, 1.165) is 41.7 Å². The molecule has 10 heteroatoms. The van der Waals surface area contributed by atoms with Crippen LogP contribution in [0.4, 0.5) is 5.82 Å². The van der Waals surface area contributed by atoms with Crippen LogP contribution < -0.4 is 20.5 Å². The van der Waals surface area contributed by atoms with Crippen molar-refractivity contribution in [3.8, 4) is 11.5 Å². The third-order valence-electron chi connectivity index (χ3n) is 7.68. The number of nitrogens with zero attached hydrogens (tertiary/aromatic N) is 2. The summed E-state index contributed by atoms with van der Waals surface area (Å²) in [6, 6.07) is 27.7. The van der Waals surface area contributed by atoms with E-state index >= 15 is 0 Å². The van der Waals surface area contributed by atoms with Crippen molar-refractivity contribution in [2.45, 2.75) is 57.1 Å². The molecular formula is C35H41N3O7. The Bertz CT molecular complexity index is 1530. The van der Waals surface area contributed by atoms with Crippen LogP contribution in [0.2, 0.25) is 0 Å². The van der Waals surface area contributed by atoms with Crippen LogP contribution in [0.25, 0.3) is 0 Å². The third kappa shape index (κ3) is 7.78. The first kappa shape index (κ1) is 33.4. The van der Waals surface area contributed by atoms with Gasteiger partial charge in [-0.1, -0.05) is 54.6 Å². The number of nitrogens with one attached hydrogen (secondary N) is 1. The lowest BCUT2D eigenvalue weighted by molar-refractivity contribution is -0.114. The minimum atomic E-state index is -0.933. The fourth-order valence-electron chi connectivity index (χ4n) is 5.70. The number of aliphatic hydroxyl groups excluding tert-OH is 1. The number of methoxy groups -OCH3 is 2. The van der Waals surface area contributed by atoms with E-state index in [4.69, 9.17) is 24.1 Å². The molecule has 1 aliphatic rings. The number of carbonyl (C=O) groups is 1. The molecule has 238 valence electrons. The lowest BCUT2D eigenvalue weighted by atomic mass is 9.79. The summed E-state index contributed by atoms with van der Waals surface area (Å²) in [6.45, 7) is 3.42. The van der Waals surface area contributed by atoms with Crippen molar-refractivity contribution in [3.63, 3.8) is 0 Å². The molecule has 5 rings (SSSR count). The summed E-state index contributed by atoms with van der Waals surface area (Å²) in [6.07, 6.45) is 2.86. The van der Waals surface area contributed by atoms with Crippen molar-refractivity contribution in [1.29, 1.82) is 0 Å². The first-order valence-electron chi connectivity index (χ1n) is 14.8. The Morgan fingerprint density at radius 3 is 2.00 bits per heavy atom. The topological polar surface area (TPSA) is 121 Å². The van der Waals surface area contributed by atoms with Crippen LogP contribution in [0.1, 0.15) is 56.0 Å². The number of hydrogen-bond acceptors (Lipinski definition) is 8. The van der Waals surface area contributed by atoms with Crippen LogP contribution in [0.5, 0.6) is 11.5 Å². The normalized spacial score (nSPS) is 16.7. The van der Waals surface area contributed by atoms with Crippen LogP contribution in [-0.4, -0.2) is 54.1 Å².